The molecular formula is C19H24N2O5. The first kappa shape index (κ1) is 19.4. The standard InChI is InChI=1S/C19H24N2O5/c1-14-19(26-12-3-4-18(20)23)17(22)9-10-21(14)11-13-25-16-7-5-15(24-2)6-8-16/h5-10H,3-4,11-13H2,1-2H3,(H2,20,23). The fraction of sp³-hybridized carbons (Fsp3) is 0.368. The second-order valence-electron chi connectivity index (χ2n) is 5.73. The van der Waals surface area contributed by atoms with Crippen LogP contribution in [0.15, 0.2) is 41.3 Å². The molecule has 0 aliphatic carbocycles. The Morgan fingerprint density at radius 2 is 1.77 bits per heavy atom. The number of nitrogens with zero attached hydrogens (tertiary/aromatic N) is 1. The highest BCUT2D eigenvalue weighted by atomic mass is 16.5. The van der Waals surface area contributed by atoms with E-state index < -0.39 is 0 Å². The Balaban J connectivity index is 1.93. The molecule has 0 aliphatic heterocycles. The van der Waals surface area contributed by atoms with E-state index in [1.165, 1.54) is 6.07 Å². The molecule has 0 radical (unpaired) electrons. The predicted molar refractivity (Wildman–Crippen MR) is 97.9 cm³/mol. The second kappa shape index (κ2) is 9.50. The number of primary amides is 1. The number of aromatic nitrogens is 1. The molecule has 2 aromatic rings. The Morgan fingerprint density at radius 3 is 2.42 bits per heavy atom. The molecule has 1 aromatic carbocycles. The van der Waals surface area contributed by atoms with Gasteiger partial charge >= 0.3 is 0 Å². The number of carbonyl (C=O) groups is 1. The minimum Gasteiger partial charge on any atom is -0.497 e. The number of hydrogen-bond donors (Lipinski definition) is 1. The van der Waals surface area contributed by atoms with Gasteiger partial charge in [0.15, 0.2) is 5.75 Å². The maximum absolute atomic E-state index is 12.0. The van der Waals surface area contributed by atoms with Crippen molar-refractivity contribution in [2.75, 3.05) is 20.3 Å². The van der Waals surface area contributed by atoms with Crippen molar-refractivity contribution in [2.45, 2.75) is 26.3 Å². The number of amides is 1. The Hall–Kier alpha value is -2.96. The third-order valence-electron chi connectivity index (χ3n) is 3.86. The van der Waals surface area contributed by atoms with Crippen molar-refractivity contribution < 1.29 is 19.0 Å². The van der Waals surface area contributed by atoms with Gasteiger partial charge in [0.1, 0.15) is 18.1 Å². The summed E-state index contributed by atoms with van der Waals surface area (Å²) in [4.78, 5) is 22.8. The number of hydrogen-bond acceptors (Lipinski definition) is 5. The van der Waals surface area contributed by atoms with E-state index in [1.807, 2.05) is 35.8 Å². The topological polar surface area (TPSA) is 92.8 Å². The molecule has 0 aliphatic rings. The van der Waals surface area contributed by atoms with E-state index in [2.05, 4.69) is 0 Å². The van der Waals surface area contributed by atoms with E-state index in [-0.39, 0.29) is 24.4 Å². The molecular weight excluding hydrogens is 336 g/mol. The van der Waals surface area contributed by atoms with Gasteiger partial charge in [-0.15, -0.1) is 0 Å². The van der Waals surface area contributed by atoms with Gasteiger partial charge in [0.25, 0.3) is 0 Å². The SMILES string of the molecule is COc1ccc(OCCn2ccc(=O)c(OCCCC(N)=O)c2C)cc1. The number of pyridine rings is 1. The van der Waals surface area contributed by atoms with Crippen LogP contribution in [-0.2, 0) is 11.3 Å². The van der Waals surface area contributed by atoms with Crippen LogP contribution >= 0.6 is 0 Å². The van der Waals surface area contributed by atoms with Crippen molar-refractivity contribution in [3.05, 3.63) is 52.4 Å². The zero-order valence-electron chi connectivity index (χ0n) is 15.1. The predicted octanol–water partition coefficient (Wildman–Crippen LogP) is 1.89. The highest BCUT2D eigenvalue weighted by Crippen LogP contribution is 2.17. The van der Waals surface area contributed by atoms with Crippen molar-refractivity contribution in [3.8, 4) is 17.2 Å². The molecule has 0 bridgehead atoms. The molecule has 1 heterocycles. The molecule has 1 aromatic heterocycles. The number of benzene rings is 1. The molecule has 26 heavy (non-hydrogen) atoms. The largest absolute Gasteiger partial charge is 0.497 e. The van der Waals surface area contributed by atoms with E-state index in [9.17, 15) is 9.59 Å². The summed E-state index contributed by atoms with van der Waals surface area (Å²) in [6.45, 7) is 3.09. The lowest BCUT2D eigenvalue weighted by Gasteiger charge is -2.15. The minimum absolute atomic E-state index is 0.186. The molecule has 0 atom stereocenters. The van der Waals surface area contributed by atoms with Gasteiger partial charge in [-0.1, -0.05) is 0 Å². The summed E-state index contributed by atoms with van der Waals surface area (Å²) in [5.41, 5.74) is 5.62. The van der Waals surface area contributed by atoms with Crippen LogP contribution in [0.2, 0.25) is 0 Å². The van der Waals surface area contributed by atoms with Crippen LogP contribution in [0.5, 0.6) is 17.2 Å². The third kappa shape index (κ3) is 5.54. The molecule has 140 valence electrons. The first-order valence-electron chi connectivity index (χ1n) is 8.39. The first-order valence-corrected chi connectivity index (χ1v) is 8.39. The van der Waals surface area contributed by atoms with Crippen molar-refractivity contribution in [2.24, 2.45) is 5.73 Å². The zero-order chi connectivity index (χ0) is 18.9. The molecule has 1 amide bonds. The van der Waals surface area contributed by atoms with Gasteiger partial charge in [0, 0.05) is 18.7 Å². The number of nitrogens with two attached hydrogens (primary N) is 1. The van der Waals surface area contributed by atoms with E-state index in [0.29, 0.717) is 25.3 Å². The molecule has 2 N–H and O–H groups in total. The lowest BCUT2D eigenvalue weighted by molar-refractivity contribution is -0.118. The highest BCUT2D eigenvalue weighted by Gasteiger charge is 2.09. The van der Waals surface area contributed by atoms with Crippen LogP contribution in [0.4, 0.5) is 0 Å². The van der Waals surface area contributed by atoms with Crippen molar-refractivity contribution in [1.82, 2.24) is 4.57 Å². The Morgan fingerprint density at radius 1 is 1.08 bits per heavy atom. The summed E-state index contributed by atoms with van der Waals surface area (Å²) in [5, 5.41) is 0. The third-order valence-corrected chi connectivity index (χ3v) is 3.86. The molecule has 0 saturated carbocycles. The van der Waals surface area contributed by atoms with Gasteiger partial charge < -0.3 is 24.5 Å². The summed E-state index contributed by atoms with van der Waals surface area (Å²) in [6, 6.07) is 8.80. The summed E-state index contributed by atoms with van der Waals surface area (Å²) in [6.07, 6.45) is 2.42. The van der Waals surface area contributed by atoms with Gasteiger partial charge in [0.05, 0.1) is 26.0 Å². The Kier molecular flexibility index (Phi) is 7.08. The molecule has 7 nitrogen and oxygen atoms in total. The maximum atomic E-state index is 12.0. The average molecular weight is 360 g/mol. The van der Waals surface area contributed by atoms with Gasteiger partial charge in [-0.25, -0.2) is 0 Å². The van der Waals surface area contributed by atoms with Crippen LogP contribution in [0.3, 0.4) is 0 Å². The monoisotopic (exact) mass is 360 g/mol. The molecule has 0 unspecified atom stereocenters. The quantitative estimate of drug-likeness (QED) is 0.653. The van der Waals surface area contributed by atoms with Crippen LogP contribution in [0, 0.1) is 6.92 Å². The van der Waals surface area contributed by atoms with Crippen molar-refractivity contribution >= 4 is 5.91 Å². The maximum Gasteiger partial charge on any atom is 0.223 e. The number of ether oxygens (including phenoxy) is 3. The summed E-state index contributed by atoms with van der Waals surface area (Å²) < 4.78 is 18.3. The fourth-order valence-electron chi connectivity index (χ4n) is 2.43. The first-order chi connectivity index (χ1) is 12.5. The second-order valence-corrected chi connectivity index (χ2v) is 5.73. The van der Waals surface area contributed by atoms with Crippen molar-refractivity contribution in [1.29, 1.82) is 0 Å². The van der Waals surface area contributed by atoms with Crippen LogP contribution in [0.1, 0.15) is 18.5 Å². The summed E-state index contributed by atoms with van der Waals surface area (Å²) >= 11 is 0. The zero-order valence-corrected chi connectivity index (χ0v) is 15.1. The lowest BCUT2D eigenvalue weighted by Crippen LogP contribution is -2.18. The van der Waals surface area contributed by atoms with Gasteiger partial charge in [-0.05, 0) is 37.6 Å². The number of rotatable bonds is 10. The van der Waals surface area contributed by atoms with E-state index >= 15 is 0 Å². The normalized spacial score (nSPS) is 10.4. The van der Waals surface area contributed by atoms with Crippen LogP contribution in [-0.4, -0.2) is 30.8 Å². The Bertz CT molecular complexity index is 784. The summed E-state index contributed by atoms with van der Waals surface area (Å²) in [7, 11) is 1.61. The minimum atomic E-state index is -0.383. The lowest BCUT2D eigenvalue weighted by atomic mass is 10.3. The van der Waals surface area contributed by atoms with Gasteiger partial charge in [-0.3, -0.25) is 9.59 Å². The van der Waals surface area contributed by atoms with Crippen molar-refractivity contribution in [3.63, 3.8) is 0 Å². The van der Waals surface area contributed by atoms with Crippen LogP contribution < -0.4 is 25.4 Å². The van der Waals surface area contributed by atoms with Crippen LogP contribution in [0.25, 0.3) is 0 Å². The molecule has 2 rings (SSSR count). The molecule has 7 heteroatoms. The molecule has 0 saturated heterocycles. The van der Waals surface area contributed by atoms with Gasteiger partial charge in [-0.2, -0.15) is 0 Å². The van der Waals surface area contributed by atoms with E-state index in [1.54, 1.807) is 13.3 Å². The smallest absolute Gasteiger partial charge is 0.223 e. The molecule has 0 fully saturated rings. The van der Waals surface area contributed by atoms with Gasteiger partial charge in [0.2, 0.25) is 11.3 Å². The van der Waals surface area contributed by atoms with E-state index in [4.69, 9.17) is 19.9 Å². The fourth-order valence-corrected chi connectivity index (χ4v) is 2.43. The Labute approximate surface area is 152 Å². The molecule has 0 spiro atoms. The average Bonchev–Trinajstić information content (AvgIpc) is 2.63. The highest BCUT2D eigenvalue weighted by molar-refractivity contribution is 5.73. The number of methoxy groups -OCH3 is 1. The van der Waals surface area contributed by atoms with E-state index in [0.717, 1.165) is 17.2 Å². The number of carbonyl (C=O) groups excluding carboxylic acids is 1. The summed E-state index contributed by atoms with van der Waals surface area (Å²) in [5.74, 6) is 1.42.